The molecular weight excluding hydrogens is 258 g/mol. The maximum absolute atomic E-state index is 10.8. The topological polar surface area (TPSA) is 43.1 Å². The average Bonchev–Trinajstić information content (AvgIpc) is 2.15. The molecule has 82 valence electrons. The van der Waals surface area contributed by atoms with E-state index in [9.17, 15) is 10.1 Å². The molecule has 0 amide bonds. The molecule has 0 bridgehead atoms. The van der Waals surface area contributed by atoms with Gasteiger partial charge in [-0.05, 0) is 11.0 Å². The Balaban J connectivity index is 3.28. The summed E-state index contributed by atoms with van der Waals surface area (Å²) in [4.78, 5) is 10.5. The van der Waals surface area contributed by atoms with E-state index in [1.165, 1.54) is 0 Å². The number of hydrogen-bond donors (Lipinski definition) is 0. The van der Waals surface area contributed by atoms with Gasteiger partial charge in [0.05, 0.1) is 4.92 Å². The highest BCUT2D eigenvalue weighted by molar-refractivity contribution is 9.08. The van der Waals surface area contributed by atoms with E-state index in [1.54, 1.807) is 6.07 Å². The van der Waals surface area contributed by atoms with Crippen LogP contribution >= 0.6 is 15.9 Å². The van der Waals surface area contributed by atoms with Crippen molar-refractivity contribution in [2.24, 2.45) is 0 Å². The first-order valence-corrected chi connectivity index (χ1v) is 5.82. The van der Waals surface area contributed by atoms with Crippen molar-refractivity contribution < 1.29 is 4.92 Å². The van der Waals surface area contributed by atoms with Crippen molar-refractivity contribution in [3.8, 4) is 0 Å². The SMILES string of the molecule is CC(C)(C)c1ccc(CBr)c([N+](=O)[O-])c1. The molecule has 0 N–H and O–H groups in total. The fourth-order valence-corrected chi connectivity index (χ4v) is 1.79. The zero-order chi connectivity index (χ0) is 11.6. The minimum Gasteiger partial charge on any atom is -0.258 e. The fraction of sp³-hybridized carbons (Fsp3) is 0.455. The molecule has 3 nitrogen and oxygen atoms in total. The number of nitro benzene ring substituents is 1. The van der Waals surface area contributed by atoms with E-state index < -0.39 is 0 Å². The highest BCUT2D eigenvalue weighted by atomic mass is 79.9. The predicted octanol–water partition coefficient (Wildman–Crippen LogP) is 3.79. The van der Waals surface area contributed by atoms with Gasteiger partial charge in [-0.25, -0.2) is 0 Å². The van der Waals surface area contributed by atoms with Gasteiger partial charge in [-0.3, -0.25) is 10.1 Å². The molecule has 0 saturated heterocycles. The van der Waals surface area contributed by atoms with E-state index in [0.29, 0.717) is 10.9 Å². The highest BCUT2D eigenvalue weighted by Gasteiger charge is 2.19. The lowest BCUT2D eigenvalue weighted by Gasteiger charge is -2.18. The fourth-order valence-electron chi connectivity index (χ4n) is 1.31. The van der Waals surface area contributed by atoms with Gasteiger partial charge < -0.3 is 0 Å². The second-order valence-electron chi connectivity index (χ2n) is 4.48. The lowest BCUT2D eigenvalue weighted by Crippen LogP contribution is -2.11. The van der Waals surface area contributed by atoms with Gasteiger partial charge in [0.25, 0.3) is 5.69 Å². The van der Waals surface area contributed by atoms with Crippen LogP contribution in [0.2, 0.25) is 0 Å². The van der Waals surface area contributed by atoms with Crippen molar-refractivity contribution >= 4 is 21.6 Å². The number of rotatable bonds is 2. The zero-order valence-electron chi connectivity index (χ0n) is 9.08. The molecule has 1 rings (SSSR count). The first-order valence-electron chi connectivity index (χ1n) is 4.70. The Morgan fingerprint density at radius 3 is 2.40 bits per heavy atom. The van der Waals surface area contributed by atoms with Crippen molar-refractivity contribution in [2.45, 2.75) is 31.5 Å². The van der Waals surface area contributed by atoms with Gasteiger partial charge in [0.15, 0.2) is 0 Å². The molecular formula is C11H14BrNO2. The van der Waals surface area contributed by atoms with Crippen molar-refractivity contribution in [1.82, 2.24) is 0 Å². The Morgan fingerprint density at radius 2 is 2.00 bits per heavy atom. The monoisotopic (exact) mass is 271 g/mol. The highest BCUT2D eigenvalue weighted by Crippen LogP contribution is 2.29. The third-order valence-corrected chi connectivity index (χ3v) is 2.90. The van der Waals surface area contributed by atoms with Crippen LogP contribution in [0.5, 0.6) is 0 Å². The summed E-state index contributed by atoms with van der Waals surface area (Å²) in [5, 5.41) is 11.4. The molecule has 0 aliphatic carbocycles. The quantitative estimate of drug-likeness (QED) is 0.467. The first kappa shape index (κ1) is 12.2. The molecule has 0 atom stereocenters. The maximum Gasteiger partial charge on any atom is 0.273 e. The molecule has 1 aromatic rings. The van der Waals surface area contributed by atoms with E-state index in [2.05, 4.69) is 15.9 Å². The second kappa shape index (κ2) is 4.31. The van der Waals surface area contributed by atoms with Gasteiger partial charge in [-0.1, -0.05) is 48.8 Å². The number of benzene rings is 1. The first-order chi connectivity index (χ1) is 6.86. The Kier molecular flexibility index (Phi) is 3.50. The van der Waals surface area contributed by atoms with Crippen molar-refractivity contribution in [1.29, 1.82) is 0 Å². The van der Waals surface area contributed by atoms with Crippen LogP contribution in [0.3, 0.4) is 0 Å². The molecule has 0 fully saturated rings. The smallest absolute Gasteiger partial charge is 0.258 e. The summed E-state index contributed by atoms with van der Waals surface area (Å²) in [6.45, 7) is 6.12. The van der Waals surface area contributed by atoms with Crippen LogP contribution < -0.4 is 0 Å². The summed E-state index contributed by atoms with van der Waals surface area (Å²) in [6, 6.07) is 5.42. The molecule has 0 heterocycles. The normalized spacial score (nSPS) is 11.5. The van der Waals surface area contributed by atoms with E-state index in [4.69, 9.17) is 0 Å². The summed E-state index contributed by atoms with van der Waals surface area (Å²) < 4.78 is 0. The van der Waals surface area contributed by atoms with E-state index in [-0.39, 0.29) is 16.0 Å². The van der Waals surface area contributed by atoms with Gasteiger partial charge >= 0.3 is 0 Å². The number of alkyl halides is 1. The maximum atomic E-state index is 10.8. The zero-order valence-corrected chi connectivity index (χ0v) is 10.7. The molecule has 0 spiro atoms. The van der Waals surface area contributed by atoms with E-state index in [0.717, 1.165) is 5.56 Å². The van der Waals surface area contributed by atoms with Gasteiger partial charge in [0, 0.05) is 17.0 Å². The Morgan fingerprint density at radius 1 is 1.40 bits per heavy atom. The van der Waals surface area contributed by atoms with Gasteiger partial charge in [-0.15, -0.1) is 0 Å². The lowest BCUT2D eigenvalue weighted by atomic mass is 9.86. The molecule has 0 aromatic heterocycles. The Labute approximate surface area is 97.8 Å². The molecule has 0 aliphatic rings. The van der Waals surface area contributed by atoms with Gasteiger partial charge in [-0.2, -0.15) is 0 Å². The molecule has 0 unspecified atom stereocenters. The van der Waals surface area contributed by atoms with Gasteiger partial charge in [0.1, 0.15) is 0 Å². The average molecular weight is 272 g/mol. The van der Waals surface area contributed by atoms with Crippen molar-refractivity contribution in [3.63, 3.8) is 0 Å². The van der Waals surface area contributed by atoms with Crippen LogP contribution in [0.1, 0.15) is 31.9 Å². The van der Waals surface area contributed by atoms with Gasteiger partial charge in [0.2, 0.25) is 0 Å². The largest absolute Gasteiger partial charge is 0.273 e. The predicted molar refractivity (Wildman–Crippen MR) is 64.4 cm³/mol. The molecule has 0 aliphatic heterocycles. The molecule has 0 saturated carbocycles. The summed E-state index contributed by atoms with van der Waals surface area (Å²) in [5.74, 6) is 0. The molecule has 4 heteroatoms. The van der Waals surface area contributed by atoms with E-state index >= 15 is 0 Å². The van der Waals surface area contributed by atoms with Crippen molar-refractivity contribution in [3.05, 3.63) is 39.4 Å². The Bertz CT molecular complexity index is 383. The van der Waals surface area contributed by atoms with E-state index in [1.807, 2.05) is 32.9 Å². The summed E-state index contributed by atoms with van der Waals surface area (Å²) in [6.07, 6.45) is 0. The van der Waals surface area contributed by atoms with Crippen LogP contribution in [-0.4, -0.2) is 4.92 Å². The third kappa shape index (κ3) is 2.78. The van der Waals surface area contributed by atoms with Crippen LogP contribution in [0.25, 0.3) is 0 Å². The standard InChI is InChI=1S/C11H14BrNO2/c1-11(2,3)9-5-4-8(7-12)10(6-9)13(14)15/h4-6H,7H2,1-3H3. The summed E-state index contributed by atoms with van der Waals surface area (Å²) in [5.41, 5.74) is 1.83. The number of hydrogen-bond acceptors (Lipinski definition) is 2. The van der Waals surface area contributed by atoms with Crippen molar-refractivity contribution in [2.75, 3.05) is 0 Å². The van der Waals surface area contributed by atoms with Crippen LogP contribution in [0, 0.1) is 10.1 Å². The lowest BCUT2D eigenvalue weighted by molar-refractivity contribution is -0.385. The molecule has 15 heavy (non-hydrogen) atoms. The number of halogens is 1. The van der Waals surface area contributed by atoms with Crippen LogP contribution in [0.15, 0.2) is 18.2 Å². The van der Waals surface area contributed by atoms with Crippen LogP contribution in [0.4, 0.5) is 5.69 Å². The summed E-state index contributed by atoms with van der Waals surface area (Å²) >= 11 is 3.25. The third-order valence-electron chi connectivity index (χ3n) is 2.29. The number of nitro groups is 1. The molecule has 0 radical (unpaired) electrons. The minimum absolute atomic E-state index is 0.0599. The van der Waals surface area contributed by atoms with Crippen LogP contribution in [-0.2, 0) is 10.7 Å². The molecule has 1 aromatic carbocycles. The minimum atomic E-state index is -0.328. The summed E-state index contributed by atoms with van der Waals surface area (Å²) in [7, 11) is 0. The Hall–Kier alpha value is -0.900. The second-order valence-corrected chi connectivity index (χ2v) is 5.04. The number of nitrogens with zero attached hydrogens (tertiary/aromatic N) is 1.